The summed E-state index contributed by atoms with van der Waals surface area (Å²) < 4.78 is 0. The summed E-state index contributed by atoms with van der Waals surface area (Å²) >= 11 is 1.59. The van der Waals surface area contributed by atoms with Crippen LogP contribution in [0.4, 0.5) is 17.2 Å². The fourth-order valence-corrected chi connectivity index (χ4v) is 13.5. The number of nitrogens with one attached hydrogen (secondary N) is 2. The number of carbonyl (C=O) groups is 3. The van der Waals surface area contributed by atoms with Crippen LogP contribution in [0.15, 0.2) is 72.5 Å². The van der Waals surface area contributed by atoms with Crippen molar-refractivity contribution < 1.29 is 24.6 Å². The van der Waals surface area contributed by atoms with Gasteiger partial charge in [-0.2, -0.15) is 0 Å². The van der Waals surface area contributed by atoms with Gasteiger partial charge in [-0.05, 0) is 80.2 Å². The summed E-state index contributed by atoms with van der Waals surface area (Å²) in [4.78, 5) is 68.7. The molecule has 73 heavy (non-hydrogen) atoms. The molecule has 2 aromatic carbocycles. The van der Waals surface area contributed by atoms with Crippen LogP contribution >= 0.6 is 11.3 Å². The summed E-state index contributed by atoms with van der Waals surface area (Å²) in [7, 11) is 0. The Bertz CT molecular complexity index is 2830. The Balaban J connectivity index is 0.636. The number of aromatic nitrogens is 5. The number of benzene rings is 2. The number of aromatic hydroxyl groups is 1. The minimum Gasteiger partial charge on any atom is -0.507 e. The Morgan fingerprint density at radius 1 is 0.863 bits per heavy atom. The Kier molecular flexibility index (Phi) is 13.1. The van der Waals surface area contributed by atoms with E-state index in [4.69, 9.17) is 15.7 Å². The van der Waals surface area contributed by atoms with Crippen LogP contribution in [0.2, 0.25) is 0 Å². The number of hydrogen-bond donors (Lipinski definition) is 5. The number of aryl methyl sites for hydroxylation is 1. The van der Waals surface area contributed by atoms with E-state index in [9.17, 15) is 24.6 Å². The second kappa shape index (κ2) is 19.5. The monoisotopic (exact) mass is 1010 g/mol. The third-order valence-corrected chi connectivity index (χ3v) is 17.6. The lowest BCUT2D eigenvalue weighted by Gasteiger charge is -2.72. The summed E-state index contributed by atoms with van der Waals surface area (Å²) in [5.74, 6) is 0.461. The third-order valence-electron chi connectivity index (χ3n) is 16.6. The molecule has 2 unspecified atom stereocenters. The van der Waals surface area contributed by atoms with E-state index < -0.39 is 23.6 Å². The Labute approximate surface area is 430 Å². The van der Waals surface area contributed by atoms with Crippen molar-refractivity contribution in [2.24, 2.45) is 11.3 Å². The highest BCUT2D eigenvalue weighted by Crippen LogP contribution is 2.59. The molecule has 18 nitrogen and oxygen atoms in total. The number of nitrogens with zero attached hydrogens (tertiary/aromatic N) is 10. The van der Waals surface area contributed by atoms with Gasteiger partial charge in [0.05, 0.1) is 57.2 Å². The molecule has 6 N–H and O–H groups in total. The van der Waals surface area contributed by atoms with Gasteiger partial charge >= 0.3 is 0 Å². The molecule has 19 heteroatoms. The number of β-amino-alcohol motifs (C(OH)–C–C–N with tert-alkyl or cyclic N) is 1. The van der Waals surface area contributed by atoms with Gasteiger partial charge in [-0.1, -0.05) is 57.2 Å². The topological polar surface area (TPSA) is 222 Å². The van der Waals surface area contributed by atoms with Gasteiger partial charge in [0.2, 0.25) is 17.7 Å². The van der Waals surface area contributed by atoms with Crippen molar-refractivity contribution in [1.82, 2.24) is 50.5 Å². The minimum absolute atomic E-state index is 0.0360. The molecule has 3 amide bonds. The summed E-state index contributed by atoms with van der Waals surface area (Å²) in [6.07, 6.45) is 8.56. The maximum absolute atomic E-state index is 14.3. The van der Waals surface area contributed by atoms with Crippen LogP contribution < -0.4 is 26.2 Å². The molecule has 1 aliphatic carbocycles. The summed E-state index contributed by atoms with van der Waals surface area (Å²) in [5, 5.41) is 35.8. The van der Waals surface area contributed by atoms with Gasteiger partial charge in [0, 0.05) is 88.4 Å². The lowest BCUT2D eigenvalue weighted by Crippen LogP contribution is -2.83. The predicted molar refractivity (Wildman–Crippen MR) is 279 cm³/mol. The summed E-state index contributed by atoms with van der Waals surface area (Å²) in [6.45, 7) is 13.3. The SMILES string of the molecule is Cc1ncsc1-c1ccc(CNC(=O)[C@@H]2C[C@@H](O)CN2C(=O)[C@@H](NC(=O)[C@H]2CC[C@@H](N3CCN(c4cnc(C56CC7CN(c8cc(-c9ccccc9O)nnc8N)CC(C5)N76)nc4)CC3)CC2)C(C)(C)C)cc1. The number of piperidine rings is 1. The van der Waals surface area contributed by atoms with Crippen molar-refractivity contribution in [2.45, 2.75) is 121 Å². The second-order valence-electron chi connectivity index (χ2n) is 22.3. The largest absolute Gasteiger partial charge is 0.507 e. The molecule has 6 fully saturated rings. The van der Waals surface area contributed by atoms with Crippen LogP contribution in [0.1, 0.15) is 82.8 Å². The first kappa shape index (κ1) is 49.0. The Morgan fingerprint density at radius 2 is 1.56 bits per heavy atom. The number of hydrogen-bond acceptors (Lipinski definition) is 16. The first-order valence-corrected chi connectivity index (χ1v) is 26.8. The molecule has 1 saturated carbocycles. The highest BCUT2D eigenvalue weighted by molar-refractivity contribution is 7.13. The average molecular weight is 1010 g/mol. The number of nitrogen functional groups attached to an aromatic ring is 1. The fraction of sp³-hybridized carbons (Fsp3) is 0.519. The number of aliphatic hydroxyl groups excluding tert-OH is 1. The zero-order valence-electron chi connectivity index (χ0n) is 42.2. The zero-order chi connectivity index (χ0) is 50.8. The van der Waals surface area contributed by atoms with Crippen molar-refractivity contribution in [3.63, 3.8) is 0 Å². The standard InChI is InChI=1S/C54H67N13O5S/c1-32-46(73-31-59-32)34-11-9-33(10-12-34)25-56-50(71)44-21-40(68)30-66(44)51(72)47(53(2,3)4)60-49(70)35-13-15-36(16-14-35)63-17-19-64(20-18-63)39-26-57-52(58-27-39)54-23-37-28-65(29-38(24-54)67(37)54)43-22-42(61-62-48(43)55)41-7-5-6-8-45(41)69/h5-12,22,26-27,31,35-38,40,44,47,68-69H,13-21,23-25,28-30H2,1-4H3,(H2,55,62)(H,56,71)(H,60,70)/t35-,36+,37?,38?,40-,44+,47-,54?/m1/s1. The van der Waals surface area contributed by atoms with Crippen molar-refractivity contribution in [1.29, 1.82) is 0 Å². The molecule has 6 aliphatic rings. The zero-order valence-corrected chi connectivity index (χ0v) is 43.0. The number of phenolic OH excluding ortho intramolecular Hbond substituents is 1. The molecule has 5 saturated heterocycles. The van der Waals surface area contributed by atoms with Gasteiger partial charge in [0.25, 0.3) is 0 Å². The average Bonchev–Trinajstić information content (AvgIpc) is 4.00. The van der Waals surface area contributed by atoms with Crippen LogP contribution in [-0.4, -0.2) is 150 Å². The molecule has 0 radical (unpaired) electrons. The Morgan fingerprint density at radius 3 is 2.22 bits per heavy atom. The number of phenols is 1. The molecule has 5 aromatic rings. The van der Waals surface area contributed by atoms with E-state index in [0.717, 1.165) is 117 Å². The second-order valence-corrected chi connectivity index (χ2v) is 23.1. The molecule has 0 bridgehead atoms. The van der Waals surface area contributed by atoms with E-state index in [-0.39, 0.29) is 54.4 Å². The summed E-state index contributed by atoms with van der Waals surface area (Å²) in [5.41, 5.74) is 13.6. The van der Waals surface area contributed by atoms with Crippen molar-refractivity contribution in [3.05, 3.63) is 89.6 Å². The minimum atomic E-state index is -0.858. The molecule has 0 spiro atoms. The lowest BCUT2D eigenvalue weighted by atomic mass is 9.62. The number of thiazole rings is 1. The van der Waals surface area contributed by atoms with Gasteiger partial charge in [0.1, 0.15) is 23.7 Å². The number of rotatable bonds is 12. The van der Waals surface area contributed by atoms with Crippen molar-refractivity contribution >= 4 is 46.3 Å². The first-order valence-electron chi connectivity index (χ1n) is 26.0. The van der Waals surface area contributed by atoms with Crippen molar-refractivity contribution in [2.75, 3.05) is 61.3 Å². The number of amides is 3. The van der Waals surface area contributed by atoms with Crippen LogP contribution in [0.25, 0.3) is 21.7 Å². The molecule has 5 aliphatic heterocycles. The van der Waals surface area contributed by atoms with Crippen LogP contribution in [-0.2, 0) is 26.5 Å². The van der Waals surface area contributed by atoms with Gasteiger partial charge in [-0.3, -0.25) is 24.2 Å². The Hall–Kier alpha value is -6.28. The van der Waals surface area contributed by atoms with E-state index in [1.807, 2.05) is 88.1 Å². The summed E-state index contributed by atoms with van der Waals surface area (Å²) in [6, 6.07) is 16.5. The van der Waals surface area contributed by atoms with Crippen LogP contribution in [0.3, 0.4) is 0 Å². The van der Waals surface area contributed by atoms with Gasteiger partial charge < -0.3 is 41.3 Å². The molecule has 384 valence electrons. The van der Waals surface area contributed by atoms with Gasteiger partial charge in [-0.15, -0.1) is 21.5 Å². The van der Waals surface area contributed by atoms with Gasteiger partial charge in [-0.25, -0.2) is 15.0 Å². The van der Waals surface area contributed by atoms with Crippen LogP contribution in [0.5, 0.6) is 5.75 Å². The van der Waals surface area contributed by atoms with E-state index in [0.29, 0.717) is 35.2 Å². The molecule has 3 aromatic heterocycles. The number of para-hydroxylation sites is 1. The smallest absolute Gasteiger partial charge is 0.246 e. The van der Waals surface area contributed by atoms with E-state index in [1.54, 1.807) is 23.5 Å². The molecular weight excluding hydrogens is 943 g/mol. The number of likely N-dealkylation sites (tertiary alicyclic amines) is 1. The molecule has 8 heterocycles. The van der Waals surface area contributed by atoms with Crippen molar-refractivity contribution in [3.8, 4) is 27.4 Å². The fourth-order valence-electron chi connectivity index (χ4n) is 12.7. The third kappa shape index (κ3) is 9.37. The number of aliphatic hydroxyl groups is 1. The first-order chi connectivity index (χ1) is 35.1. The molecular formula is C54H67N13O5S. The number of carbonyl (C=O) groups excluding carboxylic acids is 3. The van der Waals surface area contributed by atoms with E-state index >= 15 is 0 Å². The maximum atomic E-state index is 14.3. The highest BCUT2D eigenvalue weighted by atomic mass is 32.1. The number of piperazine rings is 2. The predicted octanol–water partition coefficient (Wildman–Crippen LogP) is 4.71. The molecule has 5 atom stereocenters. The quantitative estimate of drug-likeness (QED) is 0.114. The van der Waals surface area contributed by atoms with Gasteiger partial charge in [0.15, 0.2) is 5.82 Å². The number of nitrogens with two attached hydrogens (primary N) is 1. The number of anilines is 3. The normalized spacial score (nSPS) is 26.6. The van der Waals surface area contributed by atoms with Crippen LogP contribution in [0, 0.1) is 18.3 Å². The van der Waals surface area contributed by atoms with E-state index in [1.165, 1.54) is 4.90 Å². The molecule has 11 rings (SSSR count). The lowest BCUT2D eigenvalue weighted by molar-refractivity contribution is -0.216. The maximum Gasteiger partial charge on any atom is 0.246 e. The highest BCUT2D eigenvalue weighted by Gasteiger charge is 2.67. The van der Waals surface area contributed by atoms with E-state index in [2.05, 4.69) is 45.4 Å².